The zero-order chi connectivity index (χ0) is 15.9. The molecule has 1 aliphatic rings. The lowest BCUT2D eigenvalue weighted by Gasteiger charge is -2.25. The number of nitro groups is 1. The molecule has 1 unspecified atom stereocenters. The molecule has 1 aliphatic heterocycles. The average Bonchev–Trinajstić information content (AvgIpc) is 2.82. The maximum atomic E-state index is 11.3. The summed E-state index contributed by atoms with van der Waals surface area (Å²) in [4.78, 5) is 23.6. The molecule has 2 aromatic rings. The molecule has 22 heavy (non-hydrogen) atoms. The van der Waals surface area contributed by atoms with Gasteiger partial charge in [0.2, 0.25) is 0 Å². The van der Waals surface area contributed by atoms with Gasteiger partial charge in [-0.15, -0.1) is 0 Å². The van der Waals surface area contributed by atoms with Crippen molar-refractivity contribution < 1.29 is 14.8 Å². The third kappa shape index (κ3) is 2.18. The van der Waals surface area contributed by atoms with E-state index >= 15 is 0 Å². The van der Waals surface area contributed by atoms with E-state index in [1.165, 1.54) is 17.7 Å². The van der Waals surface area contributed by atoms with Gasteiger partial charge in [-0.25, -0.2) is 4.79 Å². The van der Waals surface area contributed by atoms with Crippen LogP contribution in [0.15, 0.2) is 42.5 Å². The molecule has 0 radical (unpaired) electrons. The van der Waals surface area contributed by atoms with Gasteiger partial charge in [0, 0.05) is 23.5 Å². The van der Waals surface area contributed by atoms with Gasteiger partial charge in [-0.05, 0) is 37.1 Å². The molecule has 0 aliphatic carbocycles. The van der Waals surface area contributed by atoms with E-state index in [4.69, 9.17) is 0 Å². The normalized spacial score (nSPS) is 16.4. The molecule has 0 saturated carbocycles. The first kappa shape index (κ1) is 14.1. The molecule has 6 heteroatoms. The second kappa shape index (κ2) is 5.14. The lowest BCUT2D eigenvalue weighted by Crippen LogP contribution is -2.24. The summed E-state index contributed by atoms with van der Waals surface area (Å²) in [5.74, 6) is -1.30. The summed E-state index contributed by atoms with van der Waals surface area (Å²) < 4.78 is 0. The minimum atomic E-state index is -1.30. The second-order valence-electron chi connectivity index (χ2n) is 5.32. The Balaban J connectivity index is 2.11. The summed E-state index contributed by atoms with van der Waals surface area (Å²) in [6.45, 7) is 2.04. The van der Waals surface area contributed by atoms with Crippen LogP contribution in [0.3, 0.4) is 0 Å². The second-order valence-corrected chi connectivity index (χ2v) is 5.32. The van der Waals surface area contributed by atoms with E-state index in [0.717, 1.165) is 12.1 Å². The number of rotatable bonds is 3. The van der Waals surface area contributed by atoms with Gasteiger partial charge >= 0.3 is 5.97 Å². The minimum Gasteiger partial charge on any atom is -0.477 e. The Morgan fingerprint density at radius 1 is 1.32 bits per heavy atom. The molecule has 1 atom stereocenters. The molecule has 0 spiro atoms. The van der Waals surface area contributed by atoms with E-state index in [9.17, 15) is 20.0 Å². The summed E-state index contributed by atoms with van der Waals surface area (Å²) in [5, 5.41) is 20.2. The number of para-hydroxylation sites is 1. The van der Waals surface area contributed by atoms with Crippen molar-refractivity contribution in [3.8, 4) is 0 Å². The summed E-state index contributed by atoms with van der Waals surface area (Å²) in [6.07, 6.45) is 0.857. The summed E-state index contributed by atoms with van der Waals surface area (Å²) >= 11 is 0. The minimum absolute atomic E-state index is 0.167. The van der Waals surface area contributed by atoms with Crippen LogP contribution >= 0.6 is 0 Å². The van der Waals surface area contributed by atoms with Gasteiger partial charge in [0.15, 0.2) is 0 Å². The Morgan fingerprint density at radius 3 is 2.73 bits per heavy atom. The van der Waals surface area contributed by atoms with Crippen LogP contribution in [0, 0.1) is 10.1 Å². The van der Waals surface area contributed by atoms with Crippen LogP contribution in [0.1, 0.15) is 22.8 Å². The van der Waals surface area contributed by atoms with Crippen molar-refractivity contribution in [1.82, 2.24) is 0 Å². The molecular weight excluding hydrogens is 284 g/mol. The predicted octanol–water partition coefficient (Wildman–Crippen LogP) is 3.38. The fourth-order valence-corrected chi connectivity index (χ4v) is 2.96. The Hall–Kier alpha value is -2.89. The Morgan fingerprint density at radius 2 is 2.05 bits per heavy atom. The molecule has 2 aromatic carbocycles. The number of hydrogen-bond donors (Lipinski definition) is 1. The SMILES string of the molecule is CC1Cc2ccccc2N1c1ccc([N+](=O)[O-])c(C(=O)O)c1. The number of fused-ring (bicyclic) bond motifs is 1. The van der Waals surface area contributed by atoms with Gasteiger partial charge < -0.3 is 10.0 Å². The smallest absolute Gasteiger partial charge is 0.342 e. The van der Waals surface area contributed by atoms with E-state index in [1.807, 2.05) is 36.1 Å². The fourth-order valence-electron chi connectivity index (χ4n) is 2.96. The molecule has 0 fully saturated rings. The van der Waals surface area contributed by atoms with Crippen LogP contribution in [0.5, 0.6) is 0 Å². The lowest BCUT2D eigenvalue weighted by atomic mass is 10.1. The zero-order valence-corrected chi connectivity index (χ0v) is 11.9. The first-order chi connectivity index (χ1) is 10.5. The number of aromatic carboxylic acids is 1. The molecule has 112 valence electrons. The van der Waals surface area contributed by atoms with Crippen molar-refractivity contribution in [2.45, 2.75) is 19.4 Å². The first-order valence-corrected chi connectivity index (χ1v) is 6.88. The summed E-state index contributed by atoms with van der Waals surface area (Å²) in [7, 11) is 0. The zero-order valence-electron chi connectivity index (χ0n) is 11.9. The summed E-state index contributed by atoms with van der Waals surface area (Å²) in [6, 6.07) is 12.3. The first-order valence-electron chi connectivity index (χ1n) is 6.88. The molecule has 3 rings (SSSR count). The van der Waals surface area contributed by atoms with Crippen LogP contribution in [0.2, 0.25) is 0 Å². The highest BCUT2D eigenvalue weighted by Crippen LogP contribution is 2.39. The lowest BCUT2D eigenvalue weighted by molar-refractivity contribution is -0.385. The number of benzene rings is 2. The van der Waals surface area contributed by atoms with E-state index in [1.54, 1.807) is 6.07 Å². The molecule has 0 bridgehead atoms. The fraction of sp³-hybridized carbons (Fsp3) is 0.188. The molecule has 0 amide bonds. The third-order valence-electron chi connectivity index (χ3n) is 3.89. The Kier molecular flexibility index (Phi) is 3.29. The van der Waals surface area contributed by atoms with Crippen LogP contribution in [0.4, 0.5) is 17.1 Å². The molecular formula is C16H14N2O4. The Bertz CT molecular complexity index is 772. The van der Waals surface area contributed by atoms with Crippen LogP contribution in [0.25, 0.3) is 0 Å². The van der Waals surface area contributed by atoms with E-state index in [-0.39, 0.29) is 11.6 Å². The van der Waals surface area contributed by atoms with Crippen molar-refractivity contribution >= 4 is 23.0 Å². The molecule has 1 N–H and O–H groups in total. The van der Waals surface area contributed by atoms with Crippen LogP contribution in [-0.4, -0.2) is 22.0 Å². The summed E-state index contributed by atoms with van der Waals surface area (Å²) in [5.41, 5.74) is 2.17. The highest BCUT2D eigenvalue weighted by molar-refractivity contribution is 5.94. The number of nitro benzene ring substituents is 1. The largest absolute Gasteiger partial charge is 0.477 e. The maximum absolute atomic E-state index is 11.3. The number of carboxylic acid groups (broad SMARTS) is 1. The van der Waals surface area contributed by atoms with Crippen molar-refractivity contribution in [1.29, 1.82) is 0 Å². The van der Waals surface area contributed by atoms with Gasteiger partial charge in [0.25, 0.3) is 5.69 Å². The average molecular weight is 298 g/mol. The molecule has 1 heterocycles. The van der Waals surface area contributed by atoms with Crippen molar-refractivity contribution in [3.05, 3.63) is 63.7 Å². The topological polar surface area (TPSA) is 83.7 Å². The Labute approximate surface area is 126 Å². The van der Waals surface area contributed by atoms with Gasteiger partial charge in [-0.3, -0.25) is 10.1 Å². The van der Waals surface area contributed by atoms with Crippen molar-refractivity contribution in [3.63, 3.8) is 0 Å². The van der Waals surface area contributed by atoms with Crippen molar-refractivity contribution in [2.75, 3.05) is 4.90 Å². The predicted molar refractivity (Wildman–Crippen MR) is 81.8 cm³/mol. The van der Waals surface area contributed by atoms with Crippen molar-refractivity contribution in [2.24, 2.45) is 0 Å². The van der Waals surface area contributed by atoms with Crippen LogP contribution < -0.4 is 4.90 Å². The monoisotopic (exact) mass is 298 g/mol. The third-order valence-corrected chi connectivity index (χ3v) is 3.89. The number of nitrogens with zero attached hydrogens (tertiary/aromatic N) is 2. The molecule has 0 aromatic heterocycles. The number of hydrogen-bond acceptors (Lipinski definition) is 4. The van der Waals surface area contributed by atoms with Gasteiger partial charge in [0.05, 0.1) is 4.92 Å². The maximum Gasteiger partial charge on any atom is 0.342 e. The van der Waals surface area contributed by atoms with Gasteiger partial charge in [-0.2, -0.15) is 0 Å². The van der Waals surface area contributed by atoms with Gasteiger partial charge in [-0.1, -0.05) is 18.2 Å². The van der Waals surface area contributed by atoms with E-state index < -0.39 is 16.6 Å². The molecule has 0 saturated heterocycles. The standard InChI is InChI=1S/C16H14N2O4/c1-10-8-11-4-2-3-5-14(11)17(10)12-6-7-15(18(21)22)13(9-12)16(19)20/h2-7,9-10H,8H2,1H3,(H,19,20). The van der Waals surface area contributed by atoms with Crippen LogP contribution in [-0.2, 0) is 6.42 Å². The van der Waals surface area contributed by atoms with E-state index in [2.05, 4.69) is 0 Å². The van der Waals surface area contributed by atoms with Gasteiger partial charge in [0.1, 0.15) is 5.56 Å². The number of anilines is 2. The number of carboxylic acids is 1. The highest BCUT2D eigenvalue weighted by Gasteiger charge is 2.29. The molecule has 6 nitrogen and oxygen atoms in total. The highest BCUT2D eigenvalue weighted by atomic mass is 16.6. The van der Waals surface area contributed by atoms with E-state index in [0.29, 0.717) is 5.69 Å². The number of carbonyl (C=O) groups is 1. The quantitative estimate of drug-likeness (QED) is 0.693.